The van der Waals surface area contributed by atoms with Crippen molar-refractivity contribution >= 4 is 11.6 Å². The minimum Gasteiger partial charge on any atom is -0.378 e. The number of anilines is 1. The summed E-state index contributed by atoms with van der Waals surface area (Å²) in [6.07, 6.45) is 3.15. The van der Waals surface area contributed by atoms with E-state index in [1.165, 1.54) is 6.33 Å². The number of carbonyl (C=O) groups is 1. The maximum absolute atomic E-state index is 12.7. The number of aromatic nitrogens is 7. The van der Waals surface area contributed by atoms with Crippen molar-refractivity contribution in [3.63, 3.8) is 0 Å². The van der Waals surface area contributed by atoms with Crippen molar-refractivity contribution in [2.24, 2.45) is 14.1 Å². The van der Waals surface area contributed by atoms with Crippen molar-refractivity contribution in [1.82, 2.24) is 39.8 Å². The molecule has 10 nitrogen and oxygen atoms in total. The van der Waals surface area contributed by atoms with E-state index in [2.05, 4.69) is 35.9 Å². The summed E-state index contributed by atoms with van der Waals surface area (Å²) in [5, 5.41) is 19.2. The zero-order valence-electron chi connectivity index (χ0n) is 18.5. The topological polar surface area (TPSA) is 115 Å². The lowest BCUT2D eigenvalue weighted by Crippen LogP contribution is -2.23. The van der Waals surface area contributed by atoms with E-state index in [1.807, 2.05) is 55.4 Å². The lowest BCUT2D eigenvalue weighted by Gasteiger charge is -2.10. The summed E-state index contributed by atoms with van der Waals surface area (Å²) in [4.78, 5) is 20.8. The molecule has 0 aliphatic rings. The summed E-state index contributed by atoms with van der Waals surface area (Å²) in [5.41, 5.74) is 5.11. The fraction of sp³-hybridized carbons (Fsp3) is 0.273. The lowest BCUT2D eigenvalue weighted by atomic mass is 10.1. The molecule has 164 valence electrons. The van der Waals surface area contributed by atoms with Gasteiger partial charge in [0.05, 0.1) is 12.2 Å². The van der Waals surface area contributed by atoms with Crippen LogP contribution >= 0.6 is 0 Å². The van der Waals surface area contributed by atoms with E-state index in [0.29, 0.717) is 30.2 Å². The van der Waals surface area contributed by atoms with Crippen molar-refractivity contribution in [3.8, 4) is 11.5 Å². The number of hydrogen-bond acceptors (Lipinski definition) is 7. The highest BCUT2D eigenvalue weighted by atomic mass is 16.1. The van der Waals surface area contributed by atoms with Crippen LogP contribution in [-0.4, -0.2) is 40.4 Å². The van der Waals surface area contributed by atoms with Crippen LogP contribution in [0.3, 0.4) is 0 Å². The second kappa shape index (κ2) is 8.96. The highest BCUT2D eigenvalue weighted by molar-refractivity contribution is 5.95. The average molecular weight is 432 g/mol. The van der Waals surface area contributed by atoms with Gasteiger partial charge in [-0.1, -0.05) is 6.07 Å². The highest BCUT2D eigenvalue weighted by Gasteiger charge is 2.13. The molecular formula is C22H25N9O. The van der Waals surface area contributed by atoms with Crippen molar-refractivity contribution in [2.45, 2.75) is 26.9 Å². The van der Waals surface area contributed by atoms with Gasteiger partial charge >= 0.3 is 0 Å². The Morgan fingerprint density at radius 1 is 1.09 bits per heavy atom. The predicted molar refractivity (Wildman–Crippen MR) is 120 cm³/mol. The lowest BCUT2D eigenvalue weighted by molar-refractivity contribution is 0.0951. The first-order valence-electron chi connectivity index (χ1n) is 10.2. The number of carbonyl (C=O) groups excluding carboxylic acids is 1. The van der Waals surface area contributed by atoms with E-state index >= 15 is 0 Å². The van der Waals surface area contributed by atoms with Gasteiger partial charge < -0.3 is 15.2 Å². The maximum atomic E-state index is 12.7. The number of rotatable bonds is 7. The molecular weight excluding hydrogens is 406 g/mol. The van der Waals surface area contributed by atoms with Crippen molar-refractivity contribution in [2.75, 3.05) is 5.32 Å². The van der Waals surface area contributed by atoms with Gasteiger partial charge in [-0.05, 0) is 38.1 Å². The fourth-order valence-electron chi connectivity index (χ4n) is 3.46. The Balaban J connectivity index is 1.40. The van der Waals surface area contributed by atoms with Crippen LogP contribution in [0.4, 0.5) is 5.69 Å². The van der Waals surface area contributed by atoms with Gasteiger partial charge in [-0.3, -0.25) is 9.48 Å². The van der Waals surface area contributed by atoms with Crippen LogP contribution in [0, 0.1) is 13.8 Å². The van der Waals surface area contributed by atoms with E-state index in [0.717, 1.165) is 28.5 Å². The number of hydrogen-bond donors (Lipinski definition) is 2. The van der Waals surface area contributed by atoms with Crippen molar-refractivity contribution in [1.29, 1.82) is 0 Å². The third-order valence-corrected chi connectivity index (χ3v) is 5.44. The van der Waals surface area contributed by atoms with E-state index in [4.69, 9.17) is 0 Å². The SMILES string of the molecule is Cc1nn(C)c(C)c1CNC(=O)c1cccc(NCc2nnc(-c3ccncn3)n2C)c1. The second-order valence-electron chi connectivity index (χ2n) is 7.48. The first kappa shape index (κ1) is 21.2. The van der Waals surface area contributed by atoms with E-state index in [-0.39, 0.29) is 5.91 Å². The van der Waals surface area contributed by atoms with Crippen molar-refractivity contribution < 1.29 is 4.79 Å². The largest absolute Gasteiger partial charge is 0.378 e. The molecule has 4 rings (SSSR count). The Kier molecular flexibility index (Phi) is 5.93. The molecule has 1 amide bonds. The maximum Gasteiger partial charge on any atom is 0.251 e. The highest BCUT2D eigenvalue weighted by Crippen LogP contribution is 2.16. The van der Waals surface area contributed by atoms with E-state index in [9.17, 15) is 4.79 Å². The molecule has 0 spiro atoms. The van der Waals surface area contributed by atoms with E-state index in [1.54, 1.807) is 18.3 Å². The molecule has 0 fully saturated rings. The Morgan fingerprint density at radius 3 is 2.66 bits per heavy atom. The number of aryl methyl sites for hydroxylation is 2. The Labute approximate surface area is 185 Å². The van der Waals surface area contributed by atoms with Gasteiger partial charge in [-0.15, -0.1) is 10.2 Å². The molecule has 32 heavy (non-hydrogen) atoms. The van der Waals surface area contributed by atoms with Gasteiger partial charge in [-0.2, -0.15) is 5.10 Å². The third-order valence-electron chi connectivity index (χ3n) is 5.44. The summed E-state index contributed by atoms with van der Waals surface area (Å²) in [6.45, 7) is 4.83. The van der Waals surface area contributed by atoms with Crippen LogP contribution < -0.4 is 10.6 Å². The minimum absolute atomic E-state index is 0.138. The van der Waals surface area contributed by atoms with Gasteiger partial charge in [0.1, 0.15) is 12.0 Å². The summed E-state index contributed by atoms with van der Waals surface area (Å²) in [7, 11) is 3.79. The molecule has 3 heterocycles. The van der Waals surface area contributed by atoms with Crippen molar-refractivity contribution in [3.05, 3.63) is 71.2 Å². The summed E-state index contributed by atoms with van der Waals surface area (Å²) in [5.74, 6) is 1.27. The van der Waals surface area contributed by atoms with E-state index < -0.39 is 0 Å². The quantitative estimate of drug-likeness (QED) is 0.461. The molecule has 0 aliphatic carbocycles. The third kappa shape index (κ3) is 4.34. The van der Waals surface area contributed by atoms with Crippen LogP contribution in [0.1, 0.15) is 33.1 Å². The zero-order valence-corrected chi connectivity index (χ0v) is 18.5. The molecule has 10 heteroatoms. The Morgan fingerprint density at radius 2 is 1.94 bits per heavy atom. The fourth-order valence-corrected chi connectivity index (χ4v) is 3.46. The normalized spacial score (nSPS) is 10.9. The Hall–Kier alpha value is -4.08. The molecule has 0 unspecified atom stereocenters. The van der Waals surface area contributed by atoms with Crippen LogP contribution in [0.5, 0.6) is 0 Å². The molecule has 0 saturated carbocycles. The standard InChI is InChI=1S/C22H25N9O/c1-14-18(15(2)31(4)29-14)11-25-22(32)16-6-5-7-17(10-16)24-12-20-27-28-21(30(20)3)19-8-9-23-13-26-19/h5-10,13,24H,11-12H2,1-4H3,(H,25,32). The zero-order chi connectivity index (χ0) is 22.7. The van der Waals surface area contributed by atoms with Crippen LogP contribution in [-0.2, 0) is 27.2 Å². The molecule has 0 bridgehead atoms. The molecule has 3 aromatic heterocycles. The molecule has 1 aromatic carbocycles. The molecule has 2 N–H and O–H groups in total. The molecule has 0 radical (unpaired) electrons. The second-order valence-corrected chi connectivity index (χ2v) is 7.48. The molecule has 0 aliphatic heterocycles. The number of nitrogens with zero attached hydrogens (tertiary/aromatic N) is 7. The summed E-state index contributed by atoms with van der Waals surface area (Å²) < 4.78 is 3.70. The Bertz CT molecular complexity index is 1240. The number of benzene rings is 1. The van der Waals surface area contributed by atoms with Gasteiger partial charge in [0.2, 0.25) is 0 Å². The van der Waals surface area contributed by atoms with Gasteiger partial charge in [0, 0.05) is 49.3 Å². The number of amides is 1. The van der Waals surface area contributed by atoms with Gasteiger partial charge in [-0.25, -0.2) is 9.97 Å². The summed E-state index contributed by atoms with van der Waals surface area (Å²) in [6, 6.07) is 9.16. The molecule has 0 atom stereocenters. The molecule has 0 saturated heterocycles. The first-order chi connectivity index (χ1) is 15.4. The number of nitrogens with one attached hydrogen (secondary N) is 2. The van der Waals surface area contributed by atoms with Gasteiger partial charge in [0.25, 0.3) is 5.91 Å². The average Bonchev–Trinajstić information content (AvgIpc) is 3.29. The smallest absolute Gasteiger partial charge is 0.251 e. The predicted octanol–water partition coefficient (Wildman–Crippen LogP) is 2.16. The van der Waals surface area contributed by atoms with Crippen LogP contribution in [0.25, 0.3) is 11.5 Å². The molecule has 4 aromatic rings. The van der Waals surface area contributed by atoms with Crippen LogP contribution in [0.2, 0.25) is 0 Å². The summed E-state index contributed by atoms with van der Waals surface area (Å²) >= 11 is 0. The minimum atomic E-state index is -0.138. The first-order valence-corrected chi connectivity index (χ1v) is 10.2. The van der Waals surface area contributed by atoms with Gasteiger partial charge in [0.15, 0.2) is 11.6 Å². The monoisotopic (exact) mass is 431 g/mol. The van der Waals surface area contributed by atoms with Crippen LogP contribution in [0.15, 0.2) is 42.9 Å².